The smallest absolute Gasteiger partial charge is 0.253 e. The van der Waals surface area contributed by atoms with Crippen molar-refractivity contribution in [3.05, 3.63) is 96.3 Å². The minimum Gasteiger partial charge on any atom is -0.368 e. The van der Waals surface area contributed by atoms with Crippen LogP contribution in [0.1, 0.15) is 0 Å². The quantitative estimate of drug-likeness (QED) is 0.506. The number of aliphatic imine (C=N–C) groups is 6. The zero-order chi connectivity index (χ0) is 20.9. The van der Waals surface area contributed by atoms with Gasteiger partial charge in [-0.3, -0.25) is 10.9 Å². The van der Waals surface area contributed by atoms with Gasteiger partial charge in [-0.2, -0.15) is 9.98 Å². The topological polar surface area (TPSA) is 110 Å². The lowest BCUT2D eigenvalue weighted by molar-refractivity contribution is 0.899. The van der Waals surface area contributed by atoms with Gasteiger partial charge in [-0.15, -0.1) is 0 Å². The van der Waals surface area contributed by atoms with Crippen molar-refractivity contribution < 1.29 is 0 Å². The Balaban J connectivity index is 0.000000265. The summed E-state index contributed by atoms with van der Waals surface area (Å²) in [7, 11) is 0. The molecule has 0 unspecified atom stereocenters. The molecule has 6 aliphatic heterocycles. The minimum absolute atomic E-state index is 0. The van der Waals surface area contributed by atoms with Crippen LogP contribution in [0.2, 0.25) is 0 Å². The highest BCUT2D eigenvalue weighted by molar-refractivity contribution is 6.16. The number of allylic oxidation sites excluding steroid dienone is 11. The van der Waals surface area contributed by atoms with Crippen molar-refractivity contribution in [2.24, 2.45) is 30.0 Å². The summed E-state index contributed by atoms with van der Waals surface area (Å²) in [6.07, 6.45) is 26.6. The van der Waals surface area contributed by atoms with Crippen molar-refractivity contribution in [1.82, 2.24) is 16.2 Å². The zero-order valence-corrected chi connectivity index (χ0v) is 18.0. The van der Waals surface area contributed by atoms with Gasteiger partial charge in [0.05, 0.1) is 34.7 Å². The van der Waals surface area contributed by atoms with Gasteiger partial charge in [0.25, 0.3) is 5.96 Å². The molecule has 0 saturated heterocycles. The van der Waals surface area contributed by atoms with E-state index in [-0.39, 0.29) is 17.4 Å². The van der Waals surface area contributed by atoms with Crippen LogP contribution < -0.4 is 16.2 Å². The van der Waals surface area contributed by atoms with E-state index in [1.54, 1.807) is 6.21 Å². The van der Waals surface area contributed by atoms with Crippen LogP contribution in [0, 0.1) is 0 Å². The Morgan fingerprint density at radius 2 is 1.28 bits per heavy atom. The van der Waals surface area contributed by atoms with Gasteiger partial charge in [0.1, 0.15) is 0 Å². The number of fused-ring (bicyclic) bond motifs is 4. The second kappa shape index (κ2) is 9.79. The molecule has 0 saturated carbocycles. The Hall–Kier alpha value is -4.13. The summed E-state index contributed by atoms with van der Waals surface area (Å²) in [6, 6.07) is 0. The molecule has 10 heteroatoms. The molecule has 0 atom stereocenters. The fraction of sp³-hybridized carbons (Fsp3) is 0. The van der Waals surface area contributed by atoms with E-state index >= 15 is 0 Å². The van der Waals surface area contributed by atoms with Crippen LogP contribution >= 0.6 is 0 Å². The molecule has 0 aliphatic carbocycles. The summed E-state index contributed by atoms with van der Waals surface area (Å²) in [5.41, 5.74) is 9.81. The third-order valence-corrected chi connectivity index (χ3v) is 4.24. The van der Waals surface area contributed by atoms with E-state index in [1.807, 2.05) is 79.2 Å². The van der Waals surface area contributed by atoms with Crippen LogP contribution in [0.3, 0.4) is 0 Å². The van der Waals surface area contributed by atoms with Crippen LogP contribution in [-0.2, 0) is 0 Å². The monoisotopic (exact) mass is 434 g/mol. The molecule has 0 fully saturated rings. The third kappa shape index (κ3) is 5.32. The molecule has 0 aromatic rings. The summed E-state index contributed by atoms with van der Waals surface area (Å²) in [5, 5.41) is 2.92. The minimum atomic E-state index is 0. The van der Waals surface area contributed by atoms with Crippen molar-refractivity contribution in [2.75, 3.05) is 0 Å². The van der Waals surface area contributed by atoms with Crippen LogP contribution in [0.5, 0.6) is 0 Å². The lowest BCUT2D eigenvalue weighted by Gasteiger charge is -1.95. The number of hydrazine groups is 1. The Morgan fingerprint density at radius 1 is 0.594 bits per heavy atom. The average Bonchev–Trinajstić information content (AvgIpc) is 3.53. The van der Waals surface area contributed by atoms with Crippen molar-refractivity contribution in [1.29, 1.82) is 0 Å². The molecule has 0 aromatic heterocycles. The number of amidine groups is 1. The molecule has 6 aliphatic rings. The predicted octanol–water partition coefficient (Wildman–Crippen LogP) is 1.77. The maximum absolute atomic E-state index is 4.53. The molecule has 0 spiro atoms. The van der Waals surface area contributed by atoms with E-state index < -0.39 is 0 Å². The van der Waals surface area contributed by atoms with E-state index in [0.29, 0.717) is 23.5 Å². The summed E-state index contributed by atoms with van der Waals surface area (Å²) in [4.78, 5) is 26.2. The standard InChI is InChI=1S/C16H10N8.C6H7N.Al/c1-2-11-6-13-8-17-15(20-13)22-16-21-14(23-24-16)7-12-4-3-10(19-12)5-9(1)18-11;1-2-4-6-7-5-3-1;/h1-8H,(H2,17,20,21,22,23,24);1-7H;. The number of hydrogen-bond acceptors (Lipinski definition) is 9. The van der Waals surface area contributed by atoms with Gasteiger partial charge >= 0.3 is 0 Å². The van der Waals surface area contributed by atoms with Crippen molar-refractivity contribution in [3.8, 4) is 0 Å². The van der Waals surface area contributed by atoms with E-state index in [0.717, 1.165) is 22.8 Å². The number of hydrogen-bond donors (Lipinski definition) is 3. The molecular formula is C22H17AlN9. The number of rotatable bonds is 0. The second-order valence-corrected chi connectivity index (χ2v) is 6.57. The molecular weight excluding hydrogens is 417 g/mol. The fourth-order valence-electron chi connectivity index (χ4n) is 2.89. The lowest BCUT2D eigenvalue weighted by atomic mass is 10.3. The first-order chi connectivity index (χ1) is 15.3. The lowest BCUT2D eigenvalue weighted by Crippen LogP contribution is -2.32. The van der Waals surface area contributed by atoms with Gasteiger partial charge < -0.3 is 5.32 Å². The Kier molecular flexibility index (Phi) is 6.46. The first kappa shape index (κ1) is 21.1. The summed E-state index contributed by atoms with van der Waals surface area (Å²) in [5.74, 6) is 1.37. The Labute approximate surface area is 195 Å². The maximum Gasteiger partial charge on any atom is 0.253 e. The van der Waals surface area contributed by atoms with E-state index in [9.17, 15) is 0 Å². The Morgan fingerprint density at radius 3 is 2.03 bits per heavy atom. The van der Waals surface area contributed by atoms with E-state index in [4.69, 9.17) is 0 Å². The van der Waals surface area contributed by atoms with E-state index in [2.05, 4.69) is 46.1 Å². The van der Waals surface area contributed by atoms with Gasteiger partial charge in [0, 0.05) is 35.8 Å². The van der Waals surface area contributed by atoms with Gasteiger partial charge in [-0.05, 0) is 48.6 Å². The van der Waals surface area contributed by atoms with Crippen LogP contribution in [-0.4, -0.2) is 52.8 Å². The third-order valence-electron chi connectivity index (χ3n) is 4.24. The summed E-state index contributed by atoms with van der Waals surface area (Å²) < 4.78 is 0. The molecule has 153 valence electrons. The van der Waals surface area contributed by atoms with Crippen LogP contribution in [0.25, 0.3) is 0 Å². The predicted molar refractivity (Wildman–Crippen MR) is 131 cm³/mol. The zero-order valence-electron chi connectivity index (χ0n) is 16.8. The molecule has 9 nitrogen and oxygen atoms in total. The SMILES string of the molecule is C1=CC2=NC1=CC1=NC(=NC3=NC(=CC4=NC(=C2)C=C4)C=N3)NN1.C1=CC=CNC=C1.[Al]. The molecule has 0 aromatic carbocycles. The van der Waals surface area contributed by atoms with Gasteiger partial charge in [-0.1, -0.05) is 12.2 Å². The summed E-state index contributed by atoms with van der Waals surface area (Å²) in [6.45, 7) is 0. The molecule has 6 heterocycles. The van der Waals surface area contributed by atoms with Crippen molar-refractivity contribution >= 4 is 52.8 Å². The van der Waals surface area contributed by atoms with Crippen molar-refractivity contribution in [3.63, 3.8) is 0 Å². The second-order valence-electron chi connectivity index (χ2n) is 6.57. The van der Waals surface area contributed by atoms with Gasteiger partial charge in [0.15, 0.2) is 5.84 Å². The first-order valence-electron chi connectivity index (χ1n) is 9.55. The normalized spacial score (nSPS) is 20.5. The van der Waals surface area contributed by atoms with Gasteiger partial charge in [0.2, 0.25) is 5.96 Å². The molecule has 0 amide bonds. The molecule has 6 rings (SSSR count). The maximum atomic E-state index is 4.53. The van der Waals surface area contributed by atoms with Gasteiger partial charge in [-0.25, -0.2) is 20.0 Å². The largest absolute Gasteiger partial charge is 0.368 e. The summed E-state index contributed by atoms with van der Waals surface area (Å²) >= 11 is 0. The Bertz CT molecular complexity index is 1230. The fourth-order valence-corrected chi connectivity index (χ4v) is 2.89. The highest BCUT2D eigenvalue weighted by atomic mass is 27.0. The highest BCUT2D eigenvalue weighted by Crippen LogP contribution is 2.16. The number of guanidine groups is 2. The highest BCUT2D eigenvalue weighted by Gasteiger charge is 2.14. The van der Waals surface area contributed by atoms with Crippen LogP contribution in [0.4, 0.5) is 0 Å². The number of nitrogens with one attached hydrogen (secondary N) is 3. The average molecular weight is 434 g/mol. The molecule has 3 radical (unpaired) electrons. The molecule has 8 bridgehead atoms. The first-order valence-corrected chi connectivity index (χ1v) is 9.55. The van der Waals surface area contributed by atoms with E-state index in [1.165, 1.54) is 0 Å². The number of nitrogens with zero attached hydrogens (tertiary/aromatic N) is 6. The molecule has 32 heavy (non-hydrogen) atoms. The van der Waals surface area contributed by atoms with Crippen molar-refractivity contribution in [2.45, 2.75) is 0 Å². The van der Waals surface area contributed by atoms with Crippen LogP contribution in [0.15, 0.2) is 126 Å². The molecule has 3 N–H and O–H groups in total.